The van der Waals surface area contributed by atoms with Gasteiger partial charge in [0.1, 0.15) is 0 Å². The number of methoxy groups -OCH3 is 1. The molecule has 0 amide bonds. The van der Waals surface area contributed by atoms with Gasteiger partial charge in [-0.3, -0.25) is 4.79 Å². The van der Waals surface area contributed by atoms with Gasteiger partial charge in [-0.25, -0.2) is 4.68 Å². The predicted molar refractivity (Wildman–Crippen MR) is 46.7 cm³/mol. The van der Waals surface area contributed by atoms with Gasteiger partial charge >= 0.3 is 0 Å². The summed E-state index contributed by atoms with van der Waals surface area (Å²) in [5.74, 6) is 0.361. The zero-order valence-corrected chi connectivity index (χ0v) is 7.60. The number of ether oxygens (including phenoxy) is 1. The zero-order valence-electron chi connectivity index (χ0n) is 7.60. The van der Waals surface area contributed by atoms with Gasteiger partial charge in [0.25, 0.3) is 5.56 Å². The van der Waals surface area contributed by atoms with Crippen LogP contribution in [0.4, 0.5) is 0 Å². The van der Waals surface area contributed by atoms with E-state index in [1.165, 1.54) is 23.9 Å². The molecule has 0 spiro atoms. The van der Waals surface area contributed by atoms with Crippen LogP contribution >= 0.6 is 0 Å². The fourth-order valence-corrected chi connectivity index (χ4v) is 0.920. The first-order valence-electron chi connectivity index (χ1n) is 3.93. The fraction of sp³-hybridized carbons (Fsp3) is 0.500. The van der Waals surface area contributed by atoms with Gasteiger partial charge in [0.2, 0.25) is 5.88 Å². The van der Waals surface area contributed by atoms with E-state index in [2.05, 4.69) is 5.10 Å². The Hall–Kier alpha value is -1.36. The van der Waals surface area contributed by atoms with Gasteiger partial charge in [-0.15, -0.1) is 5.10 Å². The summed E-state index contributed by atoms with van der Waals surface area (Å²) in [6.45, 7) is 1.77. The summed E-state index contributed by atoms with van der Waals surface area (Å²) in [6.07, 6.45) is -0.600. The van der Waals surface area contributed by atoms with Crippen LogP contribution in [-0.4, -0.2) is 28.1 Å². The van der Waals surface area contributed by atoms with Crippen molar-refractivity contribution in [1.29, 1.82) is 0 Å². The number of hydrogen-bond acceptors (Lipinski definition) is 4. The second kappa shape index (κ2) is 4.04. The Balaban J connectivity index is 2.97. The smallest absolute Gasteiger partial charge is 0.267 e. The molecule has 0 aliphatic rings. The molecule has 0 radical (unpaired) electrons. The summed E-state index contributed by atoms with van der Waals surface area (Å²) in [5, 5.41) is 12.9. The SMILES string of the molecule is COc1ccc(=O)n(CC(C)O)n1. The van der Waals surface area contributed by atoms with E-state index in [-0.39, 0.29) is 12.1 Å². The molecule has 1 atom stereocenters. The molecule has 5 heteroatoms. The summed E-state index contributed by atoms with van der Waals surface area (Å²) in [4.78, 5) is 11.2. The fourth-order valence-electron chi connectivity index (χ4n) is 0.920. The van der Waals surface area contributed by atoms with E-state index in [1.54, 1.807) is 6.92 Å². The molecule has 1 rings (SSSR count). The Labute approximate surface area is 75.6 Å². The molecule has 0 aliphatic heterocycles. The third kappa shape index (κ3) is 2.55. The molecule has 0 bridgehead atoms. The van der Waals surface area contributed by atoms with Crippen LogP contribution in [0.15, 0.2) is 16.9 Å². The molecule has 1 N–H and O–H groups in total. The van der Waals surface area contributed by atoms with Crippen molar-refractivity contribution in [3.63, 3.8) is 0 Å². The molecule has 5 nitrogen and oxygen atoms in total. The van der Waals surface area contributed by atoms with Gasteiger partial charge in [-0.05, 0) is 6.92 Å². The first-order valence-corrected chi connectivity index (χ1v) is 3.93. The normalized spacial score (nSPS) is 12.5. The Bertz CT molecular complexity index is 332. The molecular formula is C8H12N2O3. The van der Waals surface area contributed by atoms with Gasteiger partial charge in [0, 0.05) is 12.1 Å². The van der Waals surface area contributed by atoms with Crippen LogP contribution < -0.4 is 10.3 Å². The topological polar surface area (TPSA) is 64.3 Å². The quantitative estimate of drug-likeness (QED) is 0.696. The van der Waals surface area contributed by atoms with Gasteiger partial charge in [-0.1, -0.05) is 0 Å². The largest absolute Gasteiger partial charge is 0.480 e. The molecule has 1 aromatic rings. The summed E-state index contributed by atoms with van der Waals surface area (Å²) in [6, 6.07) is 2.84. The van der Waals surface area contributed by atoms with Crippen LogP contribution in [0.1, 0.15) is 6.92 Å². The van der Waals surface area contributed by atoms with Gasteiger partial charge in [-0.2, -0.15) is 0 Å². The van der Waals surface area contributed by atoms with Gasteiger partial charge in [0.05, 0.1) is 19.8 Å². The summed E-state index contributed by atoms with van der Waals surface area (Å²) in [7, 11) is 1.47. The third-order valence-corrected chi connectivity index (χ3v) is 1.49. The number of aliphatic hydroxyl groups is 1. The van der Waals surface area contributed by atoms with E-state index in [9.17, 15) is 4.79 Å². The van der Waals surface area contributed by atoms with Gasteiger partial charge in [0.15, 0.2) is 0 Å². The van der Waals surface area contributed by atoms with E-state index in [0.29, 0.717) is 5.88 Å². The molecule has 1 aromatic heterocycles. The van der Waals surface area contributed by atoms with Crippen LogP contribution in [0.2, 0.25) is 0 Å². The molecule has 1 unspecified atom stereocenters. The number of rotatable bonds is 3. The minimum absolute atomic E-state index is 0.177. The maximum atomic E-state index is 11.2. The van der Waals surface area contributed by atoms with Crippen molar-refractivity contribution in [2.24, 2.45) is 0 Å². The molecule has 0 saturated heterocycles. The molecule has 13 heavy (non-hydrogen) atoms. The Morgan fingerprint density at radius 3 is 2.92 bits per heavy atom. The van der Waals surface area contributed by atoms with E-state index in [0.717, 1.165) is 0 Å². The van der Waals surface area contributed by atoms with Crippen molar-refractivity contribution < 1.29 is 9.84 Å². The standard InChI is InChI=1S/C8H12N2O3/c1-6(11)5-10-8(12)4-3-7(9-10)13-2/h3-4,6,11H,5H2,1-2H3. The van der Waals surface area contributed by atoms with Crippen LogP contribution in [0, 0.1) is 0 Å². The van der Waals surface area contributed by atoms with Crippen molar-refractivity contribution in [2.45, 2.75) is 19.6 Å². The molecule has 0 aromatic carbocycles. The maximum Gasteiger partial charge on any atom is 0.267 e. The highest BCUT2D eigenvalue weighted by molar-refractivity contribution is 5.05. The minimum atomic E-state index is -0.600. The first kappa shape index (κ1) is 9.73. The molecule has 0 aliphatic carbocycles. The lowest BCUT2D eigenvalue weighted by Crippen LogP contribution is -2.26. The maximum absolute atomic E-state index is 11.2. The molecular weight excluding hydrogens is 172 g/mol. The number of nitrogens with zero attached hydrogens (tertiary/aromatic N) is 2. The van der Waals surface area contributed by atoms with Crippen molar-refractivity contribution in [3.05, 3.63) is 22.5 Å². The number of aliphatic hydroxyl groups excluding tert-OH is 1. The molecule has 72 valence electrons. The van der Waals surface area contributed by atoms with Crippen molar-refractivity contribution in [3.8, 4) is 5.88 Å². The van der Waals surface area contributed by atoms with Crippen molar-refractivity contribution in [1.82, 2.24) is 9.78 Å². The lowest BCUT2D eigenvalue weighted by atomic mass is 10.4. The molecule has 1 heterocycles. The van der Waals surface area contributed by atoms with Crippen LogP contribution in [0.3, 0.4) is 0 Å². The second-order valence-corrected chi connectivity index (χ2v) is 2.75. The Kier molecular flexibility index (Phi) is 3.02. The summed E-state index contributed by atoms with van der Waals surface area (Å²) < 4.78 is 6.01. The third-order valence-electron chi connectivity index (χ3n) is 1.49. The summed E-state index contributed by atoms with van der Waals surface area (Å²) >= 11 is 0. The van der Waals surface area contributed by atoms with Crippen LogP contribution in [0.5, 0.6) is 5.88 Å². The monoisotopic (exact) mass is 184 g/mol. The van der Waals surface area contributed by atoms with E-state index >= 15 is 0 Å². The highest BCUT2D eigenvalue weighted by atomic mass is 16.5. The number of aromatic nitrogens is 2. The molecule has 0 fully saturated rings. The average Bonchev–Trinajstić information content (AvgIpc) is 2.08. The van der Waals surface area contributed by atoms with Gasteiger partial charge < -0.3 is 9.84 Å². The van der Waals surface area contributed by atoms with Crippen LogP contribution in [-0.2, 0) is 6.54 Å². The van der Waals surface area contributed by atoms with Crippen molar-refractivity contribution in [2.75, 3.05) is 7.11 Å². The number of hydrogen-bond donors (Lipinski definition) is 1. The zero-order chi connectivity index (χ0) is 9.84. The first-order chi connectivity index (χ1) is 6.13. The van der Waals surface area contributed by atoms with E-state index < -0.39 is 6.10 Å². The highest BCUT2D eigenvalue weighted by Gasteiger charge is 2.02. The van der Waals surface area contributed by atoms with E-state index in [4.69, 9.17) is 9.84 Å². The second-order valence-electron chi connectivity index (χ2n) is 2.75. The van der Waals surface area contributed by atoms with E-state index in [1.807, 2.05) is 0 Å². The van der Waals surface area contributed by atoms with Crippen LogP contribution in [0.25, 0.3) is 0 Å². The minimum Gasteiger partial charge on any atom is -0.480 e. The average molecular weight is 184 g/mol. The lowest BCUT2D eigenvalue weighted by Gasteiger charge is -2.07. The Morgan fingerprint density at radius 2 is 2.38 bits per heavy atom. The predicted octanol–water partition coefficient (Wildman–Crippen LogP) is -0.367. The Morgan fingerprint density at radius 1 is 1.69 bits per heavy atom. The lowest BCUT2D eigenvalue weighted by molar-refractivity contribution is 0.164. The van der Waals surface area contributed by atoms with Crippen molar-refractivity contribution >= 4 is 0 Å². The highest BCUT2D eigenvalue weighted by Crippen LogP contribution is 1.99. The molecule has 0 saturated carbocycles. The summed E-state index contributed by atoms with van der Waals surface area (Å²) in [5.41, 5.74) is -0.248.